The molecule has 0 saturated carbocycles. The van der Waals surface area contributed by atoms with Crippen LogP contribution >= 0.6 is 11.8 Å². The van der Waals surface area contributed by atoms with Gasteiger partial charge >= 0.3 is 0 Å². The highest BCUT2D eigenvalue weighted by atomic mass is 32.2. The van der Waals surface area contributed by atoms with Crippen LogP contribution in [0.5, 0.6) is 0 Å². The van der Waals surface area contributed by atoms with Crippen LogP contribution in [-0.2, 0) is 0 Å². The van der Waals surface area contributed by atoms with Gasteiger partial charge in [0.2, 0.25) is 0 Å². The second-order valence-electron chi connectivity index (χ2n) is 4.41. The fourth-order valence-electron chi connectivity index (χ4n) is 1.10. The monoisotopic (exact) mass is 222 g/mol. The molecule has 0 aromatic heterocycles. The predicted molar refractivity (Wildman–Crippen MR) is 57.1 cm³/mol. The maximum Gasteiger partial charge on any atom is 0.257 e. The van der Waals surface area contributed by atoms with Gasteiger partial charge in [-0.2, -0.15) is 0 Å². The molecular weight excluding hydrogens is 206 g/mol. The van der Waals surface area contributed by atoms with E-state index in [-0.39, 0.29) is 5.41 Å². The summed E-state index contributed by atoms with van der Waals surface area (Å²) < 4.78 is 23.8. The van der Waals surface area contributed by atoms with Crippen LogP contribution in [0.4, 0.5) is 8.78 Å². The zero-order chi connectivity index (χ0) is 10.8. The van der Waals surface area contributed by atoms with Crippen LogP contribution in [0, 0.1) is 5.41 Å². The number of nitrogens with one attached hydrogen (secondary N) is 1. The summed E-state index contributed by atoms with van der Waals surface area (Å²) in [7, 11) is 0. The number of rotatable bonds is 2. The normalized spacial score (nSPS) is 25.9. The Morgan fingerprint density at radius 1 is 1.57 bits per heavy atom. The number of hydrogen-bond acceptors (Lipinski definition) is 2. The van der Waals surface area contributed by atoms with E-state index in [1.54, 1.807) is 0 Å². The summed E-state index contributed by atoms with van der Waals surface area (Å²) in [6.45, 7) is 5.98. The molecule has 0 spiro atoms. The summed E-state index contributed by atoms with van der Waals surface area (Å²) in [5.41, 5.74) is 0.148. The molecule has 1 heterocycles. The number of hydrogen-bond donors (Lipinski definition) is 1. The summed E-state index contributed by atoms with van der Waals surface area (Å²) in [5.74, 6) is 0.908. The summed E-state index contributed by atoms with van der Waals surface area (Å²) >= 11 is 1.52. The number of amidine groups is 1. The van der Waals surface area contributed by atoms with E-state index in [1.165, 1.54) is 11.8 Å². The van der Waals surface area contributed by atoms with Crippen molar-refractivity contribution >= 4 is 16.9 Å². The maximum atomic E-state index is 11.9. The molecule has 1 saturated heterocycles. The lowest BCUT2D eigenvalue weighted by molar-refractivity contribution is 0.158. The van der Waals surface area contributed by atoms with Crippen molar-refractivity contribution in [2.24, 2.45) is 10.4 Å². The van der Waals surface area contributed by atoms with Crippen LogP contribution in [-0.4, -0.2) is 29.9 Å². The molecule has 0 aromatic carbocycles. The van der Waals surface area contributed by atoms with E-state index < -0.39 is 13.0 Å². The lowest BCUT2D eigenvalue weighted by Crippen LogP contribution is -2.38. The maximum absolute atomic E-state index is 11.9. The number of nitrogens with zero attached hydrogens (tertiary/aromatic N) is 1. The molecule has 0 bridgehead atoms. The first-order chi connectivity index (χ1) is 6.39. The highest BCUT2D eigenvalue weighted by Crippen LogP contribution is 2.27. The molecule has 0 aromatic rings. The average molecular weight is 222 g/mol. The SMILES string of the molecule is CC(C)(C)C1CSC(=NCC(F)F)N1. The zero-order valence-electron chi connectivity index (χ0n) is 8.68. The second-order valence-corrected chi connectivity index (χ2v) is 5.42. The van der Waals surface area contributed by atoms with Gasteiger partial charge in [-0.15, -0.1) is 0 Å². The van der Waals surface area contributed by atoms with Crippen molar-refractivity contribution in [1.82, 2.24) is 5.32 Å². The fraction of sp³-hybridized carbons (Fsp3) is 0.889. The van der Waals surface area contributed by atoms with E-state index in [9.17, 15) is 8.78 Å². The molecule has 1 fully saturated rings. The Kier molecular flexibility index (Phi) is 3.75. The van der Waals surface area contributed by atoms with Crippen LogP contribution in [0.25, 0.3) is 0 Å². The van der Waals surface area contributed by atoms with Gasteiger partial charge in [0.05, 0.1) is 0 Å². The van der Waals surface area contributed by atoms with Gasteiger partial charge in [0.25, 0.3) is 6.43 Å². The Bertz CT molecular complexity index is 223. The average Bonchev–Trinajstić information content (AvgIpc) is 2.47. The molecule has 14 heavy (non-hydrogen) atoms. The third-order valence-electron chi connectivity index (χ3n) is 2.10. The first kappa shape index (κ1) is 11.8. The van der Waals surface area contributed by atoms with Crippen molar-refractivity contribution in [3.05, 3.63) is 0 Å². The van der Waals surface area contributed by atoms with Crippen molar-refractivity contribution in [2.75, 3.05) is 12.3 Å². The molecule has 0 amide bonds. The van der Waals surface area contributed by atoms with Crippen LogP contribution in [0.3, 0.4) is 0 Å². The molecule has 0 radical (unpaired) electrons. The Morgan fingerprint density at radius 3 is 2.64 bits per heavy atom. The Balaban J connectivity index is 2.45. The van der Waals surface area contributed by atoms with Crippen LogP contribution in [0.1, 0.15) is 20.8 Å². The highest BCUT2D eigenvalue weighted by molar-refractivity contribution is 8.14. The van der Waals surface area contributed by atoms with E-state index in [4.69, 9.17) is 0 Å². The first-order valence-electron chi connectivity index (χ1n) is 4.61. The van der Waals surface area contributed by atoms with Crippen molar-refractivity contribution in [3.8, 4) is 0 Å². The number of alkyl halides is 2. The van der Waals surface area contributed by atoms with Gasteiger partial charge in [0.15, 0.2) is 5.17 Å². The van der Waals surface area contributed by atoms with E-state index in [0.717, 1.165) is 5.75 Å². The first-order valence-corrected chi connectivity index (χ1v) is 5.60. The van der Waals surface area contributed by atoms with Crippen molar-refractivity contribution in [2.45, 2.75) is 33.2 Å². The Hall–Kier alpha value is -0.320. The molecule has 1 aliphatic heterocycles. The van der Waals surface area contributed by atoms with Crippen LogP contribution in [0.15, 0.2) is 4.99 Å². The molecule has 82 valence electrons. The van der Waals surface area contributed by atoms with Gasteiger partial charge < -0.3 is 5.32 Å². The third kappa shape index (κ3) is 3.44. The molecule has 1 unspecified atom stereocenters. The lowest BCUT2D eigenvalue weighted by Gasteiger charge is -2.26. The van der Waals surface area contributed by atoms with E-state index in [2.05, 4.69) is 31.1 Å². The van der Waals surface area contributed by atoms with E-state index >= 15 is 0 Å². The number of halogens is 2. The lowest BCUT2D eigenvalue weighted by atomic mass is 9.88. The van der Waals surface area contributed by atoms with Crippen molar-refractivity contribution in [3.63, 3.8) is 0 Å². The standard InChI is InChI=1S/C9H16F2N2S/c1-9(2,3)6-5-14-8(13-6)12-4-7(10)11/h6-7H,4-5H2,1-3H3,(H,12,13). The largest absolute Gasteiger partial charge is 0.361 e. The minimum Gasteiger partial charge on any atom is -0.361 e. The molecule has 1 rings (SSSR count). The minimum absolute atomic E-state index is 0.148. The predicted octanol–water partition coefficient (Wildman–Crippen LogP) is 2.36. The molecule has 2 nitrogen and oxygen atoms in total. The Labute approximate surface area is 87.6 Å². The Morgan fingerprint density at radius 2 is 2.21 bits per heavy atom. The van der Waals surface area contributed by atoms with E-state index in [0.29, 0.717) is 11.2 Å². The zero-order valence-corrected chi connectivity index (χ0v) is 9.50. The van der Waals surface area contributed by atoms with Crippen molar-refractivity contribution < 1.29 is 8.78 Å². The van der Waals surface area contributed by atoms with Crippen molar-refractivity contribution in [1.29, 1.82) is 0 Å². The second kappa shape index (κ2) is 4.47. The van der Waals surface area contributed by atoms with Gasteiger partial charge in [-0.05, 0) is 5.41 Å². The molecule has 1 N–H and O–H groups in total. The topological polar surface area (TPSA) is 24.4 Å². The molecule has 5 heteroatoms. The summed E-state index contributed by atoms with van der Waals surface area (Å²) in [5, 5.41) is 3.82. The summed E-state index contributed by atoms with van der Waals surface area (Å²) in [4.78, 5) is 3.80. The third-order valence-corrected chi connectivity index (χ3v) is 3.12. The minimum atomic E-state index is -2.35. The highest BCUT2D eigenvalue weighted by Gasteiger charge is 2.30. The van der Waals surface area contributed by atoms with Gasteiger partial charge in [-0.3, -0.25) is 4.99 Å². The van der Waals surface area contributed by atoms with Crippen LogP contribution in [0.2, 0.25) is 0 Å². The van der Waals surface area contributed by atoms with Gasteiger partial charge in [0.1, 0.15) is 6.54 Å². The molecule has 0 aliphatic carbocycles. The van der Waals surface area contributed by atoms with Crippen LogP contribution < -0.4 is 5.32 Å². The summed E-state index contributed by atoms with van der Waals surface area (Å²) in [6, 6.07) is 0.323. The number of aliphatic imine (C=N–C) groups is 1. The quantitative estimate of drug-likeness (QED) is 0.775. The smallest absolute Gasteiger partial charge is 0.257 e. The van der Waals surface area contributed by atoms with Gasteiger partial charge in [-0.1, -0.05) is 32.5 Å². The fourth-order valence-corrected chi connectivity index (χ4v) is 2.40. The molecule has 1 aliphatic rings. The molecular formula is C9H16F2N2S. The number of thioether (sulfide) groups is 1. The van der Waals surface area contributed by atoms with E-state index in [1.807, 2.05) is 0 Å². The van der Waals surface area contributed by atoms with Gasteiger partial charge in [0, 0.05) is 11.8 Å². The summed E-state index contributed by atoms with van der Waals surface area (Å²) in [6.07, 6.45) is -2.35. The van der Waals surface area contributed by atoms with Gasteiger partial charge in [-0.25, -0.2) is 8.78 Å². The molecule has 1 atom stereocenters.